The molecule has 9 heteroatoms. The summed E-state index contributed by atoms with van der Waals surface area (Å²) >= 11 is 0. The number of benzene rings is 1. The third-order valence-corrected chi connectivity index (χ3v) is 6.08. The van der Waals surface area contributed by atoms with Crippen LogP contribution in [-0.2, 0) is 27.3 Å². The molecule has 4 atom stereocenters. The Morgan fingerprint density at radius 3 is 2.90 bits per heavy atom. The summed E-state index contributed by atoms with van der Waals surface area (Å²) < 4.78 is 20.7. The lowest BCUT2D eigenvalue weighted by Gasteiger charge is -2.23. The first-order valence-electron chi connectivity index (χ1n) is 10.3. The summed E-state index contributed by atoms with van der Waals surface area (Å²) in [7, 11) is 1.30. The molecule has 1 saturated heterocycles. The molecule has 1 amide bonds. The molecule has 1 aliphatic carbocycles. The number of esters is 1. The second-order valence-electron chi connectivity index (χ2n) is 8.12. The number of hydrogen-bond donors (Lipinski definition) is 2. The van der Waals surface area contributed by atoms with Gasteiger partial charge >= 0.3 is 5.97 Å². The van der Waals surface area contributed by atoms with Crippen molar-refractivity contribution in [3.8, 4) is 17.2 Å². The number of nitriles is 1. The molecule has 1 aliphatic heterocycles. The molecule has 31 heavy (non-hydrogen) atoms. The maximum atomic E-state index is 14.7. The smallest absolute Gasteiger partial charge is 0.327 e. The van der Waals surface area contributed by atoms with E-state index in [1.807, 2.05) is 0 Å². The van der Waals surface area contributed by atoms with E-state index in [4.69, 9.17) is 0 Å². The third-order valence-electron chi connectivity index (χ3n) is 6.08. The molecule has 2 bridgehead atoms. The number of ether oxygens (including phenoxy) is 1. The van der Waals surface area contributed by atoms with Crippen molar-refractivity contribution in [2.75, 3.05) is 7.11 Å². The van der Waals surface area contributed by atoms with E-state index in [1.165, 1.54) is 24.1 Å². The van der Waals surface area contributed by atoms with Crippen molar-refractivity contribution in [3.63, 3.8) is 0 Å². The number of aromatic nitrogens is 2. The Balaban J connectivity index is 1.40. The number of fused-ring (bicyclic) bond motifs is 2. The third kappa shape index (κ3) is 4.59. The van der Waals surface area contributed by atoms with Crippen molar-refractivity contribution < 1.29 is 18.7 Å². The fraction of sp³-hybridized carbons (Fsp3) is 0.455. The van der Waals surface area contributed by atoms with Gasteiger partial charge in [0.15, 0.2) is 0 Å². The van der Waals surface area contributed by atoms with Crippen molar-refractivity contribution in [3.05, 3.63) is 42.0 Å². The number of nitrogens with zero attached hydrogens (tertiary/aromatic N) is 3. The van der Waals surface area contributed by atoms with Crippen LogP contribution in [0, 0.1) is 23.1 Å². The lowest BCUT2D eigenvalue weighted by Crippen LogP contribution is -2.50. The van der Waals surface area contributed by atoms with E-state index >= 15 is 0 Å². The number of methoxy groups -OCH3 is 1. The van der Waals surface area contributed by atoms with E-state index < -0.39 is 17.8 Å². The quantitative estimate of drug-likeness (QED) is 0.652. The maximum absolute atomic E-state index is 14.7. The van der Waals surface area contributed by atoms with Crippen molar-refractivity contribution in [1.29, 1.82) is 5.26 Å². The molecule has 2 aromatic rings. The van der Waals surface area contributed by atoms with E-state index in [2.05, 4.69) is 26.5 Å². The molecule has 2 heterocycles. The van der Waals surface area contributed by atoms with Crippen molar-refractivity contribution in [2.24, 2.45) is 5.92 Å². The molecule has 2 aliphatic rings. The number of halogens is 1. The van der Waals surface area contributed by atoms with Crippen LogP contribution in [0.25, 0.3) is 11.1 Å². The SMILES string of the molecule is COC(=O)Cn1cc(-c2ccc(C[C@@H](C#N)NC(=O)[C@H]3N[C@@H]4CC[C@H]3C4)c(F)c2)cn1. The second-order valence-corrected chi connectivity index (χ2v) is 8.12. The number of carbonyl (C=O) groups is 2. The van der Waals surface area contributed by atoms with Crippen LogP contribution in [0.3, 0.4) is 0 Å². The maximum Gasteiger partial charge on any atom is 0.327 e. The first-order valence-corrected chi connectivity index (χ1v) is 10.3. The normalized spacial score (nSPS) is 22.7. The minimum atomic E-state index is -0.809. The Kier molecular flexibility index (Phi) is 6.00. The predicted octanol–water partition coefficient (Wildman–Crippen LogP) is 1.55. The molecule has 162 valence electrons. The molecule has 4 rings (SSSR count). The number of amides is 1. The summed E-state index contributed by atoms with van der Waals surface area (Å²) in [6.07, 6.45) is 6.37. The van der Waals surface area contributed by atoms with Gasteiger partial charge in [0.05, 0.1) is 25.4 Å². The van der Waals surface area contributed by atoms with Gasteiger partial charge in [-0.05, 0) is 42.4 Å². The zero-order valence-corrected chi connectivity index (χ0v) is 17.2. The fourth-order valence-electron chi connectivity index (χ4n) is 4.45. The zero-order chi connectivity index (χ0) is 22.0. The average Bonchev–Trinajstić information content (AvgIpc) is 3.51. The topological polar surface area (TPSA) is 109 Å². The summed E-state index contributed by atoms with van der Waals surface area (Å²) in [6.45, 7) is -0.0297. The summed E-state index contributed by atoms with van der Waals surface area (Å²) in [5.74, 6) is -0.763. The van der Waals surface area contributed by atoms with Gasteiger partial charge in [0.1, 0.15) is 18.4 Å². The van der Waals surface area contributed by atoms with Gasteiger partial charge < -0.3 is 15.4 Å². The van der Waals surface area contributed by atoms with Crippen LogP contribution in [0.4, 0.5) is 4.39 Å². The number of carbonyl (C=O) groups excluding carboxylic acids is 2. The lowest BCUT2D eigenvalue weighted by molar-refractivity contribution is -0.141. The molecule has 0 unspecified atom stereocenters. The Bertz CT molecular complexity index is 1030. The van der Waals surface area contributed by atoms with Crippen LogP contribution >= 0.6 is 0 Å². The molecule has 1 aromatic carbocycles. The van der Waals surface area contributed by atoms with E-state index in [1.54, 1.807) is 18.3 Å². The van der Waals surface area contributed by atoms with E-state index in [9.17, 15) is 19.2 Å². The van der Waals surface area contributed by atoms with Gasteiger partial charge in [0, 0.05) is 24.2 Å². The number of rotatable bonds is 7. The highest BCUT2D eigenvalue weighted by atomic mass is 19.1. The van der Waals surface area contributed by atoms with Crippen LogP contribution in [0.2, 0.25) is 0 Å². The van der Waals surface area contributed by atoms with Crippen LogP contribution in [0.15, 0.2) is 30.6 Å². The van der Waals surface area contributed by atoms with E-state index in [0.717, 1.165) is 19.3 Å². The van der Waals surface area contributed by atoms with Gasteiger partial charge in [0.2, 0.25) is 5.91 Å². The molecular weight excluding hydrogens is 401 g/mol. The van der Waals surface area contributed by atoms with Crippen molar-refractivity contribution in [1.82, 2.24) is 20.4 Å². The van der Waals surface area contributed by atoms with Gasteiger partial charge in [-0.3, -0.25) is 14.3 Å². The largest absolute Gasteiger partial charge is 0.468 e. The molecular formula is C22H24FN5O3. The van der Waals surface area contributed by atoms with Gasteiger partial charge in [-0.25, -0.2) is 4.39 Å². The Morgan fingerprint density at radius 1 is 1.42 bits per heavy atom. The minimum Gasteiger partial charge on any atom is -0.468 e. The highest BCUT2D eigenvalue weighted by Gasteiger charge is 2.43. The molecule has 2 fully saturated rings. The molecule has 1 saturated carbocycles. The number of hydrogen-bond acceptors (Lipinski definition) is 6. The van der Waals surface area contributed by atoms with Crippen LogP contribution < -0.4 is 10.6 Å². The standard InChI is InChI=1S/C22H24FN5O3/c1-31-20(29)12-28-11-16(10-25-28)13-2-3-14(19(23)8-13)6-18(9-24)27-22(30)21-15-4-5-17(7-15)26-21/h2-3,8,10-11,15,17-18,21,26H,4-7,12H2,1H3,(H,27,30)/t15-,17+,18-,21-/m0/s1. The van der Waals surface area contributed by atoms with Gasteiger partial charge in [0.25, 0.3) is 0 Å². The average molecular weight is 425 g/mol. The molecule has 0 radical (unpaired) electrons. The Hall–Kier alpha value is -3.25. The molecule has 1 aromatic heterocycles. The second kappa shape index (κ2) is 8.86. The van der Waals surface area contributed by atoms with Gasteiger partial charge in [-0.1, -0.05) is 12.1 Å². The summed E-state index contributed by atoms with van der Waals surface area (Å²) in [6, 6.07) is 6.09. The van der Waals surface area contributed by atoms with E-state index in [-0.39, 0.29) is 24.9 Å². The lowest BCUT2D eigenvalue weighted by atomic mass is 9.98. The fourth-order valence-corrected chi connectivity index (χ4v) is 4.45. The monoisotopic (exact) mass is 425 g/mol. The Morgan fingerprint density at radius 2 is 2.26 bits per heavy atom. The summed E-state index contributed by atoms with van der Waals surface area (Å²) in [5, 5.41) is 19.6. The molecule has 0 spiro atoms. The first-order chi connectivity index (χ1) is 15.0. The van der Waals surface area contributed by atoms with Gasteiger partial charge in [-0.15, -0.1) is 0 Å². The van der Waals surface area contributed by atoms with Crippen LogP contribution in [0.1, 0.15) is 24.8 Å². The first kappa shape index (κ1) is 21.0. The number of piperidine rings is 1. The predicted molar refractivity (Wildman–Crippen MR) is 109 cm³/mol. The van der Waals surface area contributed by atoms with Gasteiger partial charge in [-0.2, -0.15) is 10.4 Å². The van der Waals surface area contributed by atoms with Crippen molar-refractivity contribution in [2.45, 2.75) is 50.4 Å². The molecule has 2 N–H and O–H groups in total. The highest BCUT2D eigenvalue weighted by molar-refractivity contribution is 5.83. The van der Waals surface area contributed by atoms with Crippen molar-refractivity contribution >= 4 is 11.9 Å². The zero-order valence-electron chi connectivity index (χ0n) is 17.2. The van der Waals surface area contributed by atoms with E-state index in [0.29, 0.717) is 28.7 Å². The Labute approximate surface area is 179 Å². The number of nitrogens with one attached hydrogen (secondary N) is 2. The highest BCUT2D eigenvalue weighted by Crippen LogP contribution is 2.35. The molecule has 8 nitrogen and oxygen atoms in total. The van der Waals surface area contributed by atoms with Crippen LogP contribution in [-0.4, -0.2) is 46.9 Å². The summed E-state index contributed by atoms with van der Waals surface area (Å²) in [4.78, 5) is 23.9. The summed E-state index contributed by atoms with van der Waals surface area (Å²) in [5.41, 5.74) is 1.60. The van der Waals surface area contributed by atoms with Crippen LogP contribution in [0.5, 0.6) is 0 Å². The minimum absolute atomic E-state index is 0.0297.